The zero-order valence-electron chi connectivity index (χ0n) is 10.1. The van der Waals surface area contributed by atoms with Crippen LogP contribution in [0.5, 0.6) is 5.75 Å². The molecule has 0 radical (unpaired) electrons. The molecule has 5 heteroatoms. The molecule has 0 aliphatic carbocycles. The van der Waals surface area contributed by atoms with Gasteiger partial charge in [-0.15, -0.1) is 0 Å². The van der Waals surface area contributed by atoms with Crippen LogP contribution in [-0.2, 0) is 0 Å². The third kappa shape index (κ3) is 2.44. The van der Waals surface area contributed by atoms with Gasteiger partial charge in [-0.3, -0.25) is 4.79 Å². The van der Waals surface area contributed by atoms with E-state index >= 15 is 0 Å². The molecule has 19 heavy (non-hydrogen) atoms. The molecule has 0 spiro atoms. The van der Waals surface area contributed by atoms with E-state index in [1.54, 1.807) is 18.2 Å². The number of nitrogens with one attached hydrogen (secondary N) is 1. The van der Waals surface area contributed by atoms with Gasteiger partial charge in [0, 0.05) is 17.0 Å². The van der Waals surface area contributed by atoms with E-state index in [4.69, 9.17) is 20.8 Å². The Morgan fingerprint density at radius 3 is 3.05 bits per heavy atom. The molecule has 1 amide bonds. The fourth-order valence-electron chi connectivity index (χ4n) is 2.15. The summed E-state index contributed by atoms with van der Waals surface area (Å²) in [5.41, 5.74) is 0.902. The highest BCUT2D eigenvalue weighted by molar-refractivity contribution is 6.30. The minimum atomic E-state index is -0.233. The normalized spacial score (nSPS) is 17.4. The molecule has 1 aliphatic rings. The van der Waals surface area contributed by atoms with Crippen molar-refractivity contribution in [2.45, 2.75) is 12.5 Å². The molecule has 4 nitrogen and oxygen atoms in total. The maximum Gasteiger partial charge on any atom is 0.287 e. The number of rotatable bonds is 2. The van der Waals surface area contributed by atoms with E-state index in [0.29, 0.717) is 23.8 Å². The van der Waals surface area contributed by atoms with Gasteiger partial charge in [-0.05, 0) is 30.3 Å². The number of benzene rings is 1. The van der Waals surface area contributed by atoms with E-state index in [1.807, 2.05) is 12.1 Å². The van der Waals surface area contributed by atoms with Crippen molar-refractivity contribution in [3.05, 3.63) is 52.9 Å². The Bertz CT molecular complexity index is 595. The van der Waals surface area contributed by atoms with Crippen LogP contribution < -0.4 is 10.1 Å². The van der Waals surface area contributed by atoms with Crippen LogP contribution in [0.3, 0.4) is 0 Å². The van der Waals surface area contributed by atoms with Crippen LogP contribution in [-0.4, -0.2) is 12.5 Å². The monoisotopic (exact) mass is 277 g/mol. The summed E-state index contributed by atoms with van der Waals surface area (Å²) in [5, 5.41) is 3.56. The summed E-state index contributed by atoms with van der Waals surface area (Å²) >= 11 is 5.99. The van der Waals surface area contributed by atoms with Crippen LogP contribution in [0, 0.1) is 0 Å². The average molecular weight is 278 g/mol. The Morgan fingerprint density at radius 1 is 1.37 bits per heavy atom. The van der Waals surface area contributed by atoms with Gasteiger partial charge in [0.25, 0.3) is 5.91 Å². The van der Waals surface area contributed by atoms with Crippen molar-refractivity contribution in [2.75, 3.05) is 6.61 Å². The van der Waals surface area contributed by atoms with Crippen molar-refractivity contribution in [3.63, 3.8) is 0 Å². The molecule has 0 bridgehead atoms. The highest BCUT2D eigenvalue weighted by atomic mass is 35.5. The van der Waals surface area contributed by atoms with Crippen molar-refractivity contribution in [2.24, 2.45) is 0 Å². The van der Waals surface area contributed by atoms with Crippen LogP contribution >= 0.6 is 11.6 Å². The van der Waals surface area contributed by atoms with Gasteiger partial charge in [-0.1, -0.05) is 11.6 Å². The SMILES string of the molecule is O=C(NC1CCOc2ccc(Cl)cc21)c1ccco1. The highest BCUT2D eigenvalue weighted by Crippen LogP contribution is 2.34. The summed E-state index contributed by atoms with van der Waals surface area (Å²) in [6, 6.07) is 8.63. The van der Waals surface area contributed by atoms with Gasteiger partial charge in [0.2, 0.25) is 0 Å². The second kappa shape index (κ2) is 4.97. The second-order valence-corrected chi connectivity index (χ2v) is 4.76. The minimum Gasteiger partial charge on any atom is -0.493 e. The number of carbonyl (C=O) groups excluding carboxylic acids is 1. The molecule has 1 aliphatic heterocycles. The van der Waals surface area contributed by atoms with Crippen LogP contribution in [0.2, 0.25) is 5.02 Å². The summed E-state index contributed by atoms with van der Waals surface area (Å²) < 4.78 is 10.6. The van der Waals surface area contributed by atoms with Crippen molar-refractivity contribution in [1.29, 1.82) is 0 Å². The fraction of sp³-hybridized carbons (Fsp3) is 0.214. The average Bonchev–Trinajstić information content (AvgIpc) is 2.93. The first-order valence-corrected chi connectivity index (χ1v) is 6.38. The molecule has 1 unspecified atom stereocenters. The number of carbonyl (C=O) groups is 1. The van der Waals surface area contributed by atoms with Gasteiger partial charge in [-0.2, -0.15) is 0 Å². The van der Waals surface area contributed by atoms with Crippen LogP contribution in [0.25, 0.3) is 0 Å². The summed E-state index contributed by atoms with van der Waals surface area (Å²) in [5.74, 6) is 0.832. The maximum absolute atomic E-state index is 12.0. The van der Waals surface area contributed by atoms with Crippen LogP contribution in [0.4, 0.5) is 0 Å². The van der Waals surface area contributed by atoms with Gasteiger partial charge in [0.1, 0.15) is 5.75 Å². The molecular weight excluding hydrogens is 266 g/mol. The van der Waals surface area contributed by atoms with Gasteiger partial charge in [0.05, 0.1) is 18.9 Å². The molecule has 3 rings (SSSR count). The second-order valence-electron chi connectivity index (χ2n) is 4.32. The Labute approximate surface area is 115 Å². The summed E-state index contributed by atoms with van der Waals surface area (Å²) in [4.78, 5) is 12.0. The molecule has 1 atom stereocenters. The molecule has 2 heterocycles. The predicted octanol–water partition coefficient (Wildman–Crippen LogP) is 3.19. The van der Waals surface area contributed by atoms with E-state index in [9.17, 15) is 4.79 Å². The van der Waals surface area contributed by atoms with E-state index < -0.39 is 0 Å². The van der Waals surface area contributed by atoms with Gasteiger partial charge in [0.15, 0.2) is 5.76 Å². The number of amides is 1. The first kappa shape index (κ1) is 12.1. The summed E-state index contributed by atoms with van der Waals surface area (Å²) in [6.07, 6.45) is 2.18. The fourth-order valence-corrected chi connectivity index (χ4v) is 2.33. The Hall–Kier alpha value is -1.94. The lowest BCUT2D eigenvalue weighted by Gasteiger charge is -2.26. The first-order valence-electron chi connectivity index (χ1n) is 6.00. The molecule has 2 aromatic rings. The zero-order chi connectivity index (χ0) is 13.2. The summed E-state index contributed by atoms with van der Waals surface area (Å²) in [7, 11) is 0. The number of halogens is 1. The van der Waals surface area contributed by atoms with E-state index in [1.165, 1.54) is 6.26 Å². The first-order chi connectivity index (χ1) is 9.24. The lowest BCUT2D eigenvalue weighted by atomic mass is 10.0. The smallest absolute Gasteiger partial charge is 0.287 e. The number of furan rings is 1. The molecule has 0 saturated carbocycles. The lowest BCUT2D eigenvalue weighted by molar-refractivity contribution is 0.0896. The van der Waals surface area contributed by atoms with E-state index in [2.05, 4.69) is 5.32 Å². The quantitative estimate of drug-likeness (QED) is 0.917. The standard InChI is InChI=1S/C14H12ClNO3/c15-9-3-4-12-10(8-9)11(5-7-19-12)16-14(17)13-2-1-6-18-13/h1-4,6,8,11H,5,7H2,(H,16,17). The predicted molar refractivity (Wildman–Crippen MR) is 70.5 cm³/mol. The number of ether oxygens (including phenoxy) is 1. The van der Waals surface area contributed by atoms with Crippen molar-refractivity contribution < 1.29 is 13.9 Å². The molecule has 1 N–H and O–H groups in total. The largest absolute Gasteiger partial charge is 0.493 e. The van der Waals surface area contributed by atoms with Crippen LogP contribution in [0.15, 0.2) is 41.0 Å². The van der Waals surface area contributed by atoms with Gasteiger partial charge >= 0.3 is 0 Å². The zero-order valence-corrected chi connectivity index (χ0v) is 10.8. The lowest BCUT2D eigenvalue weighted by Crippen LogP contribution is -2.31. The van der Waals surface area contributed by atoms with Crippen molar-refractivity contribution in [3.8, 4) is 5.75 Å². The van der Waals surface area contributed by atoms with Gasteiger partial charge < -0.3 is 14.5 Å². The Morgan fingerprint density at radius 2 is 2.26 bits per heavy atom. The topological polar surface area (TPSA) is 51.5 Å². The third-order valence-corrected chi connectivity index (χ3v) is 3.30. The number of fused-ring (bicyclic) bond motifs is 1. The maximum atomic E-state index is 12.0. The van der Waals surface area contributed by atoms with Crippen molar-refractivity contribution >= 4 is 17.5 Å². The number of hydrogen-bond acceptors (Lipinski definition) is 3. The van der Waals surface area contributed by atoms with Crippen LogP contribution in [0.1, 0.15) is 28.6 Å². The molecule has 98 valence electrons. The Balaban J connectivity index is 1.84. The van der Waals surface area contributed by atoms with E-state index in [0.717, 1.165) is 11.3 Å². The third-order valence-electron chi connectivity index (χ3n) is 3.06. The Kier molecular flexibility index (Phi) is 3.17. The summed E-state index contributed by atoms with van der Waals surface area (Å²) in [6.45, 7) is 0.567. The molecular formula is C14H12ClNO3. The number of hydrogen-bond donors (Lipinski definition) is 1. The molecule has 0 fully saturated rings. The molecule has 1 aromatic carbocycles. The molecule has 0 saturated heterocycles. The van der Waals surface area contributed by atoms with Crippen molar-refractivity contribution in [1.82, 2.24) is 5.32 Å². The molecule has 1 aromatic heterocycles. The minimum absolute atomic E-state index is 0.111. The van der Waals surface area contributed by atoms with E-state index in [-0.39, 0.29) is 11.9 Å². The highest BCUT2D eigenvalue weighted by Gasteiger charge is 2.24. The van der Waals surface area contributed by atoms with Gasteiger partial charge in [-0.25, -0.2) is 0 Å².